The van der Waals surface area contributed by atoms with Gasteiger partial charge in [0.15, 0.2) is 10.7 Å². The number of hydrogen-bond acceptors (Lipinski definition) is 9. The number of hydrogen-bond donors (Lipinski definition) is 1. The molecule has 0 atom stereocenters. The number of carbonyl (C=O) groups is 2. The monoisotopic (exact) mass is 389 g/mol. The lowest BCUT2D eigenvalue weighted by Crippen LogP contribution is -2.42. The summed E-state index contributed by atoms with van der Waals surface area (Å²) in [5, 5.41) is 3.93. The Morgan fingerprint density at radius 3 is 2.59 bits per heavy atom. The SMILES string of the molecule is CC1(C)OC(=O)C(=CNc2ccc3nc(N4CCOCC4)sc3c2)C(=O)O1. The zero-order chi connectivity index (χ0) is 19.0. The Morgan fingerprint density at radius 2 is 1.89 bits per heavy atom. The topological polar surface area (TPSA) is 90.0 Å². The molecule has 0 unspecified atom stereocenters. The van der Waals surface area contributed by atoms with Crippen LogP contribution in [-0.4, -0.2) is 49.0 Å². The summed E-state index contributed by atoms with van der Waals surface area (Å²) in [5.41, 5.74) is 1.46. The highest BCUT2D eigenvalue weighted by molar-refractivity contribution is 7.22. The van der Waals surface area contributed by atoms with Crippen molar-refractivity contribution in [3.8, 4) is 0 Å². The van der Waals surface area contributed by atoms with E-state index >= 15 is 0 Å². The Bertz CT molecular complexity index is 908. The van der Waals surface area contributed by atoms with Crippen LogP contribution in [0.1, 0.15) is 13.8 Å². The first-order valence-electron chi connectivity index (χ1n) is 8.58. The highest BCUT2D eigenvalue weighted by Gasteiger charge is 2.38. The van der Waals surface area contributed by atoms with Gasteiger partial charge in [-0.25, -0.2) is 14.6 Å². The number of thiazole rings is 1. The number of aromatic nitrogens is 1. The molecule has 1 aromatic carbocycles. The summed E-state index contributed by atoms with van der Waals surface area (Å²) in [6.45, 7) is 6.10. The van der Waals surface area contributed by atoms with Crippen LogP contribution in [0.15, 0.2) is 30.0 Å². The fourth-order valence-electron chi connectivity index (χ4n) is 2.83. The lowest BCUT2D eigenvalue weighted by atomic mass is 10.2. The van der Waals surface area contributed by atoms with Crippen LogP contribution >= 0.6 is 11.3 Å². The number of ether oxygens (including phenoxy) is 3. The number of nitrogens with zero attached hydrogens (tertiary/aromatic N) is 2. The van der Waals surface area contributed by atoms with Crippen molar-refractivity contribution in [1.29, 1.82) is 0 Å². The number of esters is 2. The van der Waals surface area contributed by atoms with Crippen LogP contribution in [0.4, 0.5) is 10.8 Å². The second-order valence-corrected chi connectivity index (χ2v) is 7.67. The van der Waals surface area contributed by atoms with Crippen molar-refractivity contribution in [3.63, 3.8) is 0 Å². The molecule has 4 rings (SSSR count). The summed E-state index contributed by atoms with van der Waals surface area (Å²) in [5.74, 6) is -2.67. The van der Waals surface area contributed by atoms with Gasteiger partial charge in [-0.3, -0.25) is 0 Å². The van der Waals surface area contributed by atoms with Gasteiger partial charge >= 0.3 is 11.9 Å². The third-order valence-corrected chi connectivity index (χ3v) is 5.24. The van der Waals surface area contributed by atoms with Gasteiger partial charge in [-0.1, -0.05) is 11.3 Å². The van der Waals surface area contributed by atoms with Gasteiger partial charge in [0.2, 0.25) is 0 Å². The Morgan fingerprint density at radius 1 is 1.19 bits per heavy atom. The number of nitrogens with one attached hydrogen (secondary N) is 1. The molecule has 2 aromatic rings. The molecule has 142 valence electrons. The van der Waals surface area contributed by atoms with Gasteiger partial charge in [0.05, 0.1) is 23.4 Å². The lowest BCUT2D eigenvalue weighted by molar-refractivity contribution is -0.222. The molecule has 1 N–H and O–H groups in total. The van der Waals surface area contributed by atoms with Crippen LogP contribution in [-0.2, 0) is 23.8 Å². The Labute approximate surface area is 159 Å². The van der Waals surface area contributed by atoms with Gasteiger partial charge in [-0.05, 0) is 18.2 Å². The number of anilines is 2. The van der Waals surface area contributed by atoms with E-state index in [4.69, 9.17) is 14.2 Å². The summed E-state index contributed by atoms with van der Waals surface area (Å²) in [7, 11) is 0. The van der Waals surface area contributed by atoms with E-state index in [1.165, 1.54) is 20.0 Å². The molecule has 3 heterocycles. The number of fused-ring (bicyclic) bond motifs is 1. The molecule has 0 bridgehead atoms. The van der Waals surface area contributed by atoms with Crippen molar-refractivity contribution in [2.75, 3.05) is 36.5 Å². The molecule has 0 aliphatic carbocycles. The maximum Gasteiger partial charge on any atom is 0.350 e. The maximum absolute atomic E-state index is 12.0. The molecule has 8 nitrogen and oxygen atoms in total. The summed E-state index contributed by atoms with van der Waals surface area (Å²) in [6, 6.07) is 5.67. The standard InChI is InChI=1S/C18H19N3O5S/c1-18(2)25-15(22)12(16(23)26-18)10-19-11-3-4-13-14(9-11)27-17(20-13)21-5-7-24-8-6-21/h3-4,9-10,19H,5-8H2,1-2H3. The molecule has 2 aliphatic rings. The molecule has 27 heavy (non-hydrogen) atoms. The lowest BCUT2D eigenvalue weighted by Gasteiger charge is -2.29. The number of morpholine rings is 1. The maximum atomic E-state index is 12.0. The van der Waals surface area contributed by atoms with E-state index in [0.717, 1.165) is 34.1 Å². The number of carbonyl (C=O) groups excluding carboxylic acids is 2. The molecule has 2 saturated heterocycles. The normalized spacial score (nSPS) is 19.6. The van der Waals surface area contributed by atoms with E-state index in [0.29, 0.717) is 13.2 Å². The summed E-state index contributed by atoms with van der Waals surface area (Å²) in [4.78, 5) is 30.8. The third-order valence-electron chi connectivity index (χ3n) is 4.16. The number of cyclic esters (lactones) is 2. The fraction of sp³-hybridized carbons (Fsp3) is 0.389. The van der Waals surface area contributed by atoms with E-state index < -0.39 is 17.7 Å². The quantitative estimate of drug-likeness (QED) is 0.486. The Hall–Kier alpha value is -2.65. The summed E-state index contributed by atoms with van der Waals surface area (Å²) < 4.78 is 16.5. The van der Waals surface area contributed by atoms with E-state index in [9.17, 15) is 9.59 Å². The molecule has 0 amide bonds. The van der Waals surface area contributed by atoms with Gasteiger partial charge < -0.3 is 24.4 Å². The molecule has 0 radical (unpaired) electrons. The van der Waals surface area contributed by atoms with Crippen LogP contribution in [0, 0.1) is 0 Å². The first-order chi connectivity index (χ1) is 12.9. The molecule has 0 spiro atoms. The molecule has 2 fully saturated rings. The second-order valence-electron chi connectivity index (χ2n) is 6.66. The first-order valence-corrected chi connectivity index (χ1v) is 9.40. The van der Waals surface area contributed by atoms with Crippen LogP contribution in [0.5, 0.6) is 0 Å². The first kappa shape index (κ1) is 17.7. The minimum Gasteiger partial charge on any atom is -0.419 e. The zero-order valence-electron chi connectivity index (χ0n) is 15.0. The molecular weight excluding hydrogens is 370 g/mol. The van der Waals surface area contributed by atoms with E-state index in [1.54, 1.807) is 11.3 Å². The van der Waals surface area contributed by atoms with Crippen molar-refractivity contribution in [1.82, 2.24) is 4.98 Å². The Balaban J connectivity index is 1.52. The summed E-state index contributed by atoms with van der Waals surface area (Å²) >= 11 is 1.60. The van der Waals surface area contributed by atoms with Gasteiger partial charge in [0, 0.05) is 38.8 Å². The average Bonchev–Trinajstić information content (AvgIpc) is 3.04. The van der Waals surface area contributed by atoms with Crippen LogP contribution < -0.4 is 10.2 Å². The van der Waals surface area contributed by atoms with Crippen molar-refractivity contribution >= 4 is 44.3 Å². The van der Waals surface area contributed by atoms with Gasteiger partial charge in [0.25, 0.3) is 5.79 Å². The molecular formula is C18H19N3O5S. The molecule has 2 aliphatic heterocycles. The Kier molecular flexibility index (Phi) is 4.48. The van der Waals surface area contributed by atoms with Crippen LogP contribution in [0.2, 0.25) is 0 Å². The highest BCUT2D eigenvalue weighted by atomic mass is 32.1. The predicted molar refractivity (Wildman–Crippen MR) is 101 cm³/mol. The van der Waals surface area contributed by atoms with Crippen molar-refractivity contribution in [3.05, 3.63) is 30.0 Å². The van der Waals surface area contributed by atoms with E-state index in [2.05, 4.69) is 15.2 Å². The smallest absolute Gasteiger partial charge is 0.350 e. The fourth-order valence-corrected chi connectivity index (χ4v) is 3.88. The minimum atomic E-state index is -1.25. The molecule has 9 heteroatoms. The second kappa shape index (κ2) is 6.82. The van der Waals surface area contributed by atoms with Gasteiger partial charge in [-0.15, -0.1) is 0 Å². The van der Waals surface area contributed by atoms with E-state index in [1.807, 2.05) is 18.2 Å². The van der Waals surface area contributed by atoms with Crippen LogP contribution in [0.25, 0.3) is 10.2 Å². The van der Waals surface area contributed by atoms with Crippen molar-refractivity contribution in [2.45, 2.75) is 19.6 Å². The van der Waals surface area contributed by atoms with Crippen molar-refractivity contribution < 1.29 is 23.8 Å². The third kappa shape index (κ3) is 3.74. The van der Waals surface area contributed by atoms with Crippen molar-refractivity contribution in [2.24, 2.45) is 0 Å². The van der Waals surface area contributed by atoms with E-state index in [-0.39, 0.29) is 5.57 Å². The summed E-state index contributed by atoms with van der Waals surface area (Å²) in [6.07, 6.45) is 1.31. The molecule has 1 aromatic heterocycles. The van der Waals surface area contributed by atoms with Crippen LogP contribution in [0.3, 0.4) is 0 Å². The highest BCUT2D eigenvalue weighted by Crippen LogP contribution is 2.31. The molecule has 0 saturated carbocycles. The van der Waals surface area contributed by atoms with Gasteiger partial charge in [0.1, 0.15) is 0 Å². The largest absolute Gasteiger partial charge is 0.419 e. The van der Waals surface area contributed by atoms with Gasteiger partial charge in [-0.2, -0.15) is 0 Å². The average molecular weight is 389 g/mol. The number of benzene rings is 1. The predicted octanol–water partition coefficient (Wildman–Crippen LogP) is 2.26. The number of rotatable bonds is 3. The minimum absolute atomic E-state index is 0.173. The zero-order valence-corrected chi connectivity index (χ0v) is 15.8.